The van der Waals surface area contributed by atoms with Crippen LogP contribution in [0.4, 0.5) is 0 Å². The molecule has 0 aliphatic carbocycles. The standard InChI is InChI=1S/C12H14N2OS/c1-13-7-10-9-16-12(14-10)8-15-11-5-3-2-4-6-11/h2-6,9,13H,7-8H2,1H3. The molecule has 0 spiro atoms. The van der Waals surface area contributed by atoms with Crippen molar-refractivity contribution in [2.24, 2.45) is 0 Å². The second kappa shape index (κ2) is 5.63. The van der Waals surface area contributed by atoms with Gasteiger partial charge in [-0.2, -0.15) is 0 Å². The van der Waals surface area contributed by atoms with Gasteiger partial charge in [0.1, 0.15) is 17.4 Å². The summed E-state index contributed by atoms with van der Waals surface area (Å²) in [6.07, 6.45) is 0. The molecule has 1 heterocycles. The van der Waals surface area contributed by atoms with Crippen molar-refractivity contribution < 1.29 is 4.74 Å². The van der Waals surface area contributed by atoms with E-state index >= 15 is 0 Å². The van der Waals surface area contributed by atoms with Gasteiger partial charge >= 0.3 is 0 Å². The molecule has 0 atom stereocenters. The normalized spacial score (nSPS) is 10.3. The molecule has 4 heteroatoms. The fraction of sp³-hybridized carbons (Fsp3) is 0.250. The largest absolute Gasteiger partial charge is 0.486 e. The summed E-state index contributed by atoms with van der Waals surface area (Å²) in [5, 5.41) is 6.14. The van der Waals surface area contributed by atoms with E-state index in [1.807, 2.05) is 37.4 Å². The van der Waals surface area contributed by atoms with Crippen LogP contribution in [0.3, 0.4) is 0 Å². The van der Waals surface area contributed by atoms with Gasteiger partial charge in [0, 0.05) is 11.9 Å². The molecule has 0 saturated carbocycles. The van der Waals surface area contributed by atoms with E-state index in [0.717, 1.165) is 23.0 Å². The third-order valence-electron chi connectivity index (χ3n) is 2.06. The predicted octanol–water partition coefficient (Wildman–Crippen LogP) is 2.44. The van der Waals surface area contributed by atoms with Crippen molar-refractivity contribution in [2.75, 3.05) is 7.05 Å². The van der Waals surface area contributed by atoms with Crippen LogP contribution in [0.5, 0.6) is 5.75 Å². The van der Waals surface area contributed by atoms with Gasteiger partial charge in [-0.25, -0.2) is 4.98 Å². The van der Waals surface area contributed by atoms with Crippen molar-refractivity contribution in [1.29, 1.82) is 0 Å². The average molecular weight is 234 g/mol. The van der Waals surface area contributed by atoms with Gasteiger partial charge < -0.3 is 10.1 Å². The van der Waals surface area contributed by atoms with E-state index in [-0.39, 0.29) is 0 Å². The molecule has 0 saturated heterocycles. The zero-order valence-corrected chi connectivity index (χ0v) is 9.96. The van der Waals surface area contributed by atoms with Crippen LogP contribution in [-0.4, -0.2) is 12.0 Å². The molecule has 0 amide bonds. The van der Waals surface area contributed by atoms with E-state index in [9.17, 15) is 0 Å². The Labute approximate surface area is 99.1 Å². The minimum atomic E-state index is 0.540. The number of nitrogens with zero attached hydrogens (tertiary/aromatic N) is 1. The van der Waals surface area contributed by atoms with Crippen molar-refractivity contribution in [2.45, 2.75) is 13.2 Å². The first-order valence-electron chi connectivity index (χ1n) is 5.14. The predicted molar refractivity (Wildman–Crippen MR) is 65.7 cm³/mol. The lowest BCUT2D eigenvalue weighted by molar-refractivity contribution is 0.305. The van der Waals surface area contributed by atoms with Crippen LogP contribution in [0.25, 0.3) is 0 Å². The van der Waals surface area contributed by atoms with E-state index in [1.54, 1.807) is 11.3 Å². The Bertz CT molecular complexity index is 428. The summed E-state index contributed by atoms with van der Waals surface area (Å²) in [4.78, 5) is 4.45. The van der Waals surface area contributed by atoms with Crippen molar-refractivity contribution >= 4 is 11.3 Å². The lowest BCUT2D eigenvalue weighted by atomic mass is 10.3. The van der Waals surface area contributed by atoms with E-state index in [2.05, 4.69) is 15.7 Å². The molecule has 2 rings (SSSR count). The SMILES string of the molecule is CNCc1csc(COc2ccccc2)n1. The molecule has 0 bridgehead atoms. The van der Waals surface area contributed by atoms with Crippen molar-refractivity contribution in [3.63, 3.8) is 0 Å². The maximum atomic E-state index is 5.61. The number of rotatable bonds is 5. The second-order valence-electron chi connectivity index (χ2n) is 3.36. The number of ether oxygens (including phenoxy) is 1. The van der Waals surface area contributed by atoms with Gasteiger partial charge in [0.25, 0.3) is 0 Å². The van der Waals surface area contributed by atoms with Crippen LogP contribution in [0, 0.1) is 0 Å². The van der Waals surface area contributed by atoms with Crippen molar-refractivity contribution in [1.82, 2.24) is 10.3 Å². The van der Waals surface area contributed by atoms with E-state index in [4.69, 9.17) is 4.74 Å². The molecule has 1 N–H and O–H groups in total. The first kappa shape index (κ1) is 11.1. The molecule has 0 aliphatic heterocycles. The molecule has 84 valence electrons. The minimum Gasteiger partial charge on any atom is -0.486 e. The average Bonchev–Trinajstić information content (AvgIpc) is 2.76. The highest BCUT2D eigenvalue weighted by molar-refractivity contribution is 7.09. The van der Waals surface area contributed by atoms with E-state index < -0.39 is 0 Å². The van der Waals surface area contributed by atoms with Gasteiger partial charge in [-0.15, -0.1) is 11.3 Å². The van der Waals surface area contributed by atoms with Crippen molar-refractivity contribution in [3.05, 3.63) is 46.4 Å². The summed E-state index contributed by atoms with van der Waals surface area (Å²) in [5.74, 6) is 0.882. The molecule has 0 unspecified atom stereocenters. The van der Waals surface area contributed by atoms with Gasteiger partial charge in [0.15, 0.2) is 0 Å². The quantitative estimate of drug-likeness (QED) is 0.862. The fourth-order valence-electron chi connectivity index (χ4n) is 1.34. The summed E-state index contributed by atoms with van der Waals surface area (Å²) < 4.78 is 5.61. The number of nitrogens with one attached hydrogen (secondary N) is 1. The Hall–Kier alpha value is -1.39. The van der Waals surface area contributed by atoms with E-state index in [1.165, 1.54) is 0 Å². The summed E-state index contributed by atoms with van der Waals surface area (Å²) in [6, 6.07) is 9.79. The number of aromatic nitrogens is 1. The van der Waals surface area contributed by atoms with Crippen LogP contribution < -0.4 is 10.1 Å². The van der Waals surface area contributed by atoms with Crippen molar-refractivity contribution in [3.8, 4) is 5.75 Å². The molecule has 0 radical (unpaired) electrons. The molecule has 0 fully saturated rings. The smallest absolute Gasteiger partial charge is 0.140 e. The third-order valence-corrected chi connectivity index (χ3v) is 2.93. The van der Waals surface area contributed by atoms with Gasteiger partial charge in [0.2, 0.25) is 0 Å². The molecular weight excluding hydrogens is 220 g/mol. The maximum Gasteiger partial charge on any atom is 0.140 e. The van der Waals surface area contributed by atoms with Gasteiger partial charge in [-0.3, -0.25) is 0 Å². The fourth-order valence-corrected chi connectivity index (χ4v) is 2.04. The molecule has 0 aliphatic rings. The lowest BCUT2D eigenvalue weighted by Gasteiger charge is -2.02. The van der Waals surface area contributed by atoms with Gasteiger partial charge in [0.05, 0.1) is 5.69 Å². The van der Waals surface area contributed by atoms with Crippen LogP contribution >= 0.6 is 11.3 Å². The lowest BCUT2D eigenvalue weighted by Crippen LogP contribution is -2.05. The summed E-state index contributed by atoms with van der Waals surface area (Å²) in [5.41, 5.74) is 1.07. The minimum absolute atomic E-state index is 0.540. The number of benzene rings is 1. The van der Waals surface area contributed by atoms with Crippen LogP contribution in [-0.2, 0) is 13.2 Å². The van der Waals surface area contributed by atoms with Gasteiger partial charge in [-0.1, -0.05) is 18.2 Å². The van der Waals surface area contributed by atoms with Gasteiger partial charge in [-0.05, 0) is 19.2 Å². The third kappa shape index (κ3) is 3.05. The Morgan fingerprint density at radius 3 is 2.88 bits per heavy atom. The highest BCUT2D eigenvalue weighted by atomic mass is 32.1. The molecule has 3 nitrogen and oxygen atoms in total. The maximum absolute atomic E-state index is 5.61. The molecule has 1 aromatic heterocycles. The summed E-state index contributed by atoms with van der Waals surface area (Å²) in [6.45, 7) is 1.35. The zero-order chi connectivity index (χ0) is 11.2. The highest BCUT2D eigenvalue weighted by Gasteiger charge is 2.01. The Balaban J connectivity index is 1.89. The first-order valence-corrected chi connectivity index (χ1v) is 6.02. The Morgan fingerprint density at radius 2 is 2.12 bits per heavy atom. The zero-order valence-electron chi connectivity index (χ0n) is 9.14. The second-order valence-corrected chi connectivity index (χ2v) is 4.31. The van der Waals surface area contributed by atoms with Crippen LogP contribution in [0.2, 0.25) is 0 Å². The summed E-state index contributed by atoms with van der Waals surface area (Å²) in [7, 11) is 1.92. The molecule has 16 heavy (non-hydrogen) atoms. The number of hydrogen-bond acceptors (Lipinski definition) is 4. The highest BCUT2D eigenvalue weighted by Crippen LogP contribution is 2.14. The monoisotopic (exact) mass is 234 g/mol. The Kier molecular flexibility index (Phi) is 3.91. The van der Waals surface area contributed by atoms with E-state index in [0.29, 0.717) is 6.61 Å². The molecule has 1 aromatic carbocycles. The molecule has 2 aromatic rings. The van der Waals surface area contributed by atoms with Crippen LogP contribution in [0.1, 0.15) is 10.7 Å². The number of para-hydroxylation sites is 1. The summed E-state index contributed by atoms with van der Waals surface area (Å²) >= 11 is 1.63. The number of thiazole rings is 1. The Morgan fingerprint density at radius 1 is 1.31 bits per heavy atom. The first-order chi connectivity index (χ1) is 7.88. The molecular formula is C12H14N2OS. The van der Waals surface area contributed by atoms with Crippen LogP contribution in [0.15, 0.2) is 35.7 Å². The number of hydrogen-bond donors (Lipinski definition) is 1. The topological polar surface area (TPSA) is 34.1 Å².